The maximum absolute atomic E-state index is 12.7. The second-order valence-electron chi connectivity index (χ2n) is 4.96. The molecule has 1 aliphatic carbocycles. The van der Waals surface area contributed by atoms with Gasteiger partial charge in [-0.25, -0.2) is 4.39 Å². The van der Waals surface area contributed by atoms with Crippen LogP contribution in [0.3, 0.4) is 0 Å². The fourth-order valence-corrected chi connectivity index (χ4v) is 2.27. The van der Waals surface area contributed by atoms with Gasteiger partial charge >= 0.3 is 0 Å². The van der Waals surface area contributed by atoms with Crippen LogP contribution in [0.1, 0.15) is 38.2 Å². The molecule has 15 heavy (non-hydrogen) atoms. The number of carbonyl (C=O) groups is 1. The van der Waals surface area contributed by atoms with Crippen LogP contribution in [0, 0.1) is 11.2 Å². The van der Waals surface area contributed by atoms with Crippen LogP contribution in [0.4, 0.5) is 4.39 Å². The Balaban J connectivity index is 2.21. The van der Waals surface area contributed by atoms with E-state index in [0.717, 1.165) is 12.0 Å². The Morgan fingerprint density at radius 3 is 2.33 bits per heavy atom. The van der Waals surface area contributed by atoms with E-state index in [9.17, 15) is 9.18 Å². The van der Waals surface area contributed by atoms with Crippen LogP contribution >= 0.6 is 0 Å². The normalized spacial score (nSPS) is 24.5. The maximum atomic E-state index is 12.7. The average molecular weight is 206 g/mol. The van der Waals surface area contributed by atoms with Crippen molar-refractivity contribution in [2.24, 2.45) is 5.41 Å². The summed E-state index contributed by atoms with van der Waals surface area (Å²) < 4.78 is 12.7. The van der Waals surface area contributed by atoms with Crippen LogP contribution in [0.15, 0.2) is 24.3 Å². The maximum Gasteiger partial charge on any atom is 0.139 e. The van der Waals surface area contributed by atoms with E-state index in [1.165, 1.54) is 12.1 Å². The van der Waals surface area contributed by atoms with Crippen molar-refractivity contribution in [2.75, 3.05) is 0 Å². The van der Waals surface area contributed by atoms with Crippen molar-refractivity contribution in [2.45, 2.75) is 32.6 Å². The van der Waals surface area contributed by atoms with Crippen molar-refractivity contribution in [1.29, 1.82) is 0 Å². The Kier molecular flexibility index (Phi) is 2.37. The fraction of sp³-hybridized carbons (Fsp3) is 0.462. The van der Waals surface area contributed by atoms with Gasteiger partial charge in [0.2, 0.25) is 0 Å². The Morgan fingerprint density at radius 1 is 1.27 bits per heavy atom. The van der Waals surface area contributed by atoms with Crippen molar-refractivity contribution < 1.29 is 9.18 Å². The summed E-state index contributed by atoms with van der Waals surface area (Å²) in [6.45, 7) is 3.97. The van der Waals surface area contributed by atoms with Gasteiger partial charge in [0, 0.05) is 11.8 Å². The first kappa shape index (κ1) is 10.3. The second kappa shape index (κ2) is 3.44. The first-order valence-electron chi connectivity index (χ1n) is 5.28. The van der Waals surface area contributed by atoms with Crippen molar-refractivity contribution >= 4 is 5.78 Å². The van der Waals surface area contributed by atoms with Crippen molar-refractivity contribution in [1.82, 2.24) is 0 Å². The standard InChI is InChI=1S/C13H15FO/c1-13(2)8-10(7-12(13)15)9-3-5-11(14)6-4-9/h3-6,10H,7-8H2,1-2H3/t10-/m0/s1. The van der Waals surface area contributed by atoms with Gasteiger partial charge in [-0.3, -0.25) is 4.79 Å². The summed E-state index contributed by atoms with van der Waals surface area (Å²) in [7, 11) is 0. The van der Waals surface area contributed by atoms with Gasteiger partial charge in [0.25, 0.3) is 0 Å². The van der Waals surface area contributed by atoms with Gasteiger partial charge in [-0.2, -0.15) is 0 Å². The lowest BCUT2D eigenvalue weighted by Crippen LogP contribution is -2.15. The minimum atomic E-state index is -0.220. The second-order valence-corrected chi connectivity index (χ2v) is 4.96. The molecule has 0 amide bonds. The first-order valence-corrected chi connectivity index (χ1v) is 5.28. The molecule has 0 N–H and O–H groups in total. The molecule has 1 nitrogen and oxygen atoms in total. The summed E-state index contributed by atoms with van der Waals surface area (Å²) in [4.78, 5) is 11.7. The van der Waals surface area contributed by atoms with Crippen molar-refractivity contribution in [3.05, 3.63) is 35.6 Å². The molecule has 2 heteroatoms. The summed E-state index contributed by atoms with van der Waals surface area (Å²) >= 11 is 0. The lowest BCUT2D eigenvalue weighted by Gasteiger charge is -2.15. The van der Waals surface area contributed by atoms with Gasteiger partial charge < -0.3 is 0 Å². The van der Waals surface area contributed by atoms with Crippen LogP contribution in [-0.2, 0) is 4.79 Å². The van der Waals surface area contributed by atoms with Gasteiger partial charge in [0.1, 0.15) is 11.6 Å². The van der Waals surface area contributed by atoms with Gasteiger partial charge in [-0.05, 0) is 30.0 Å². The fourth-order valence-electron chi connectivity index (χ4n) is 2.27. The summed E-state index contributed by atoms with van der Waals surface area (Å²) in [6, 6.07) is 6.50. The summed E-state index contributed by atoms with van der Waals surface area (Å²) in [6.07, 6.45) is 1.47. The van der Waals surface area contributed by atoms with Crippen LogP contribution in [0.5, 0.6) is 0 Å². The predicted molar refractivity (Wildman–Crippen MR) is 57.2 cm³/mol. The molecule has 2 rings (SSSR count). The molecular weight excluding hydrogens is 191 g/mol. The minimum absolute atomic E-state index is 0.209. The number of Topliss-reactive ketones (excluding diaryl/α,β-unsaturated/α-hetero) is 1. The number of ketones is 1. The molecule has 0 radical (unpaired) electrons. The van der Waals surface area contributed by atoms with Crippen LogP contribution in [0.2, 0.25) is 0 Å². The van der Waals surface area contributed by atoms with E-state index in [4.69, 9.17) is 0 Å². The van der Waals surface area contributed by atoms with E-state index < -0.39 is 0 Å². The summed E-state index contributed by atoms with van der Waals surface area (Å²) in [5, 5.41) is 0. The minimum Gasteiger partial charge on any atom is -0.299 e. The molecule has 0 saturated heterocycles. The Bertz CT molecular complexity index is 378. The highest BCUT2D eigenvalue weighted by molar-refractivity contribution is 5.87. The van der Waals surface area contributed by atoms with Crippen LogP contribution in [0.25, 0.3) is 0 Å². The Hall–Kier alpha value is -1.18. The van der Waals surface area contributed by atoms with Crippen molar-refractivity contribution in [3.8, 4) is 0 Å². The first-order chi connectivity index (χ1) is 6.99. The molecule has 1 aromatic rings. The third-order valence-electron chi connectivity index (χ3n) is 3.28. The molecule has 0 aromatic heterocycles. The van der Waals surface area contributed by atoms with Gasteiger partial charge in [0.15, 0.2) is 0 Å². The highest BCUT2D eigenvalue weighted by atomic mass is 19.1. The van der Waals surface area contributed by atoms with Crippen LogP contribution < -0.4 is 0 Å². The molecule has 1 fully saturated rings. The monoisotopic (exact) mass is 206 g/mol. The van der Waals surface area contributed by atoms with Crippen molar-refractivity contribution in [3.63, 3.8) is 0 Å². The zero-order chi connectivity index (χ0) is 11.1. The van der Waals surface area contributed by atoms with Gasteiger partial charge in [-0.15, -0.1) is 0 Å². The topological polar surface area (TPSA) is 17.1 Å². The van der Waals surface area contributed by atoms with E-state index >= 15 is 0 Å². The lowest BCUT2D eigenvalue weighted by atomic mass is 9.88. The number of carbonyl (C=O) groups excluding carboxylic acids is 1. The highest BCUT2D eigenvalue weighted by Gasteiger charge is 2.39. The molecule has 0 aliphatic heterocycles. The third kappa shape index (κ3) is 1.94. The number of rotatable bonds is 1. The average Bonchev–Trinajstić information content (AvgIpc) is 2.42. The van der Waals surface area contributed by atoms with E-state index in [-0.39, 0.29) is 17.2 Å². The highest BCUT2D eigenvalue weighted by Crippen LogP contribution is 2.43. The largest absolute Gasteiger partial charge is 0.299 e. The molecule has 80 valence electrons. The number of benzene rings is 1. The van der Waals surface area contributed by atoms with E-state index in [0.29, 0.717) is 12.2 Å². The number of hydrogen-bond acceptors (Lipinski definition) is 1. The number of hydrogen-bond donors (Lipinski definition) is 0. The Morgan fingerprint density at radius 2 is 1.87 bits per heavy atom. The molecule has 0 heterocycles. The molecular formula is C13H15FO. The molecule has 1 atom stereocenters. The zero-order valence-corrected chi connectivity index (χ0v) is 9.09. The van der Waals surface area contributed by atoms with E-state index in [1.54, 1.807) is 12.1 Å². The Labute approximate surface area is 89.3 Å². The van der Waals surface area contributed by atoms with Crippen LogP contribution in [-0.4, -0.2) is 5.78 Å². The molecule has 0 bridgehead atoms. The summed E-state index contributed by atoms with van der Waals surface area (Å²) in [5.41, 5.74) is 0.870. The molecule has 1 saturated carbocycles. The zero-order valence-electron chi connectivity index (χ0n) is 9.09. The van der Waals surface area contributed by atoms with E-state index in [1.807, 2.05) is 13.8 Å². The molecule has 1 aliphatic rings. The van der Waals surface area contributed by atoms with Gasteiger partial charge in [-0.1, -0.05) is 26.0 Å². The smallest absolute Gasteiger partial charge is 0.139 e. The van der Waals surface area contributed by atoms with Gasteiger partial charge in [0.05, 0.1) is 0 Å². The predicted octanol–water partition coefficient (Wildman–Crippen LogP) is 3.30. The molecule has 0 unspecified atom stereocenters. The lowest BCUT2D eigenvalue weighted by molar-refractivity contribution is -0.124. The van der Waals surface area contributed by atoms with E-state index in [2.05, 4.69) is 0 Å². The quantitative estimate of drug-likeness (QED) is 0.689. The SMILES string of the molecule is CC1(C)C[C@@H](c2ccc(F)cc2)CC1=O. The third-order valence-corrected chi connectivity index (χ3v) is 3.28. The molecule has 0 spiro atoms. The number of halogens is 1. The molecule has 1 aromatic carbocycles. The summed E-state index contributed by atoms with van der Waals surface area (Å²) in [5.74, 6) is 0.368.